The highest BCUT2D eigenvalue weighted by atomic mass is 32.2. The summed E-state index contributed by atoms with van der Waals surface area (Å²) in [6.45, 7) is 5.89. The van der Waals surface area contributed by atoms with Gasteiger partial charge in [-0.15, -0.1) is 0 Å². The number of anilines is 1. The molecule has 0 saturated carbocycles. The van der Waals surface area contributed by atoms with Crippen LogP contribution in [0, 0.1) is 5.82 Å². The zero-order valence-corrected chi connectivity index (χ0v) is 15.4. The van der Waals surface area contributed by atoms with Crippen molar-refractivity contribution in [2.45, 2.75) is 26.4 Å². The Morgan fingerprint density at radius 3 is 2.32 bits per heavy atom. The van der Waals surface area contributed by atoms with Crippen LogP contribution in [0.4, 0.5) is 10.1 Å². The van der Waals surface area contributed by atoms with Crippen LogP contribution in [0.2, 0.25) is 0 Å². The number of nitrogens with one attached hydrogen (secondary N) is 1. The lowest BCUT2D eigenvalue weighted by Crippen LogP contribution is -2.33. The molecule has 3 rings (SSSR count). The van der Waals surface area contributed by atoms with E-state index in [1.54, 1.807) is 24.3 Å². The zero-order chi connectivity index (χ0) is 18.4. The summed E-state index contributed by atoms with van der Waals surface area (Å²) >= 11 is 0. The number of rotatable bonds is 3. The molecule has 0 amide bonds. The maximum absolute atomic E-state index is 13.3. The van der Waals surface area contributed by atoms with E-state index in [4.69, 9.17) is 4.74 Å². The average Bonchev–Trinajstić information content (AvgIpc) is 2.48. The van der Waals surface area contributed by atoms with Crippen LogP contribution in [-0.4, -0.2) is 20.3 Å². The molecule has 1 aliphatic heterocycles. The molecule has 6 heteroatoms. The summed E-state index contributed by atoms with van der Waals surface area (Å²) in [5, 5.41) is 0. The standard InChI is InChI=1S/C19H20FNO3S/c1-12-18(13-5-7-14(20)8-6-13)16-10-9-15(21-25(4,22)23)11-17(16)24-19(12,2)3/h5-11,21H,1-4H3. The third-order valence-corrected chi connectivity index (χ3v) is 4.94. The summed E-state index contributed by atoms with van der Waals surface area (Å²) < 4.78 is 44.8. The molecule has 0 aromatic heterocycles. The van der Waals surface area contributed by atoms with E-state index in [-0.39, 0.29) is 5.82 Å². The van der Waals surface area contributed by atoms with Crippen molar-refractivity contribution >= 4 is 21.3 Å². The van der Waals surface area contributed by atoms with E-state index in [1.165, 1.54) is 12.1 Å². The van der Waals surface area contributed by atoms with Crippen LogP contribution in [0.15, 0.2) is 48.0 Å². The van der Waals surface area contributed by atoms with Crippen LogP contribution in [-0.2, 0) is 10.0 Å². The maximum atomic E-state index is 13.3. The molecule has 1 heterocycles. The van der Waals surface area contributed by atoms with E-state index in [9.17, 15) is 12.8 Å². The van der Waals surface area contributed by atoms with Gasteiger partial charge < -0.3 is 4.74 Å². The molecular weight excluding hydrogens is 341 g/mol. The molecule has 0 aliphatic carbocycles. The van der Waals surface area contributed by atoms with E-state index < -0.39 is 15.6 Å². The average molecular weight is 361 g/mol. The van der Waals surface area contributed by atoms with Crippen LogP contribution in [0.25, 0.3) is 5.57 Å². The first-order chi connectivity index (χ1) is 11.6. The van der Waals surface area contributed by atoms with Crippen molar-refractivity contribution < 1.29 is 17.5 Å². The molecule has 1 aliphatic rings. The monoisotopic (exact) mass is 361 g/mol. The van der Waals surface area contributed by atoms with Crippen molar-refractivity contribution in [2.75, 3.05) is 11.0 Å². The van der Waals surface area contributed by atoms with Gasteiger partial charge >= 0.3 is 0 Å². The summed E-state index contributed by atoms with van der Waals surface area (Å²) in [6.07, 6.45) is 1.10. The van der Waals surface area contributed by atoms with Crippen molar-refractivity contribution in [3.05, 3.63) is 65.0 Å². The van der Waals surface area contributed by atoms with Crippen molar-refractivity contribution in [1.82, 2.24) is 0 Å². The predicted octanol–water partition coefficient (Wildman–Crippen LogP) is 4.19. The quantitative estimate of drug-likeness (QED) is 0.892. The Hall–Kier alpha value is -2.34. The highest BCUT2D eigenvalue weighted by Gasteiger charge is 2.33. The Morgan fingerprint density at radius 1 is 1.08 bits per heavy atom. The van der Waals surface area contributed by atoms with Gasteiger partial charge in [-0.1, -0.05) is 12.1 Å². The highest BCUT2D eigenvalue weighted by molar-refractivity contribution is 7.92. The lowest BCUT2D eigenvalue weighted by atomic mass is 9.83. The fourth-order valence-corrected chi connectivity index (χ4v) is 3.49. The van der Waals surface area contributed by atoms with Gasteiger partial charge in [0, 0.05) is 11.6 Å². The van der Waals surface area contributed by atoms with Gasteiger partial charge in [0.25, 0.3) is 0 Å². The second kappa shape index (κ2) is 5.88. The van der Waals surface area contributed by atoms with Gasteiger partial charge in [0.1, 0.15) is 17.2 Å². The molecule has 0 fully saturated rings. The molecule has 2 aromatic carbocycles. The third kappa shape index (κ3) is 3.54. The maximum Gasteiger partial charge on any atom is 0.229 e. The minimum Gasteiger partial charge on any atom is -0.483 e. The van der Waals surface area contributed by atoms with E-state index in [0.717, 1.165) is 28.5 Å². The Kier molecular flexibility index (Phi) is 4.11. The number of benzene rings is 2. The smallest absolute Gasteiger partial charge is 0.229 e. The molecular formula is C19H20FNO3S. The molecule has 0 atom stereocenters. The zero-order valence-electron chi connectivity index (χ0n) is 14.6. The van der Waals surface area contributed by atoms with Gasteiger partial charge in [0.15, 0.2) is 0 Å². The molecule has 1 N–H and O–H groups in total. The number of sulfonamides is 1. The van der Waals surface area contributed by atoms with E-state index in [1.807, 2.05) is 26.8 Å². The summed E-state index contributed by atoms with van der Waals surface area (Å²) in [4.78, 5) is 0. The Bertz CT molecular complexity index is 961. The van der Waals surface area contributed by atoms with Crippen molar-refractivity contribution in [1.29, 1.82) is 0 Å². The fourth-order valence-electron chi connectivity index (χ4n) is 2.93. The van der Waals surface area contributed by atoms with Crippen LogP contribution in [0.5, 0.6) is 5.75 Å². The summed E-state index contributed by atoms with van der Waals surface area (Å²) in [7, 11) is -3.37. The highest BCUT2D eigenvalue weighted by Crippen LogP contribution is 2.44. The van der Waals surface area contributed by atoms with Crippen LogP contribution in [0.1, 0.15) is 31.9 Å². The molecule has 0 unspecified atom stereocenters. The molecule has 0 spiro atoms. The molecule has 0 saturated heterocycles. The molecule has 25 heavy (non-hydrogen) atoms. The number of halogens is 1. The van der Waals surface area contributed by atoms with Crippen molar-refractivity contribution in [3.8, 4) is 5.75 Å². The number of hydrogen-bond donors (Lipinski definition) is 1. The summed E-state index contributed by atoms with van der Waals surface area (Å²) in [6, 6.07) is 11.5. The Balaban J connectivity index is 2.17. The van der Waals surface area contributed by atoms with Gasteiger partial charge in [0.2, 0.25) is 10.0 Å². The minimum absolute atomic E-state index is 0.291. The first-order valence-corrected chi connectivity index (χ1v) is 9.74. The van der Waals surface area contributed by atoms with Crippen molar-refractivity contribution in [2.24, 2.45) is 0 Å². The van der Waals surface area contributed by atoms with Crippen LogP contribution >= 0.6 is 0 Å². The van der Waals surface area contributed by atoms with Crippen LogP contribution < -0.4 is 9.46 Å². The SMILES string of the molecule is CC1=C(c2ccc(F)cc2)c2ccc(NS(C)(=O)=O)cc2OC1(C)C. The van der Waals surface area contributed by atoms with Crippen molar-refractivity contribution in [3.63, 3.8) is 0 Å². The fraction of sp³-hybridized carbons (Fsp3) is 0.263. The first kappa shape index (κ1) is 17.5. The van der Waals surface area contributed by atoms with E-state index in [2.05, 4.69) is 4.72 Å². The number of ether oxygens (including phenoxy) is 1. The molecule has 132 valence electrons. The Labute approximate surface area is 147 Å². The topological polar surface area (TPSA) is 55.4 Å². The second-order valence-corrected chi connectivity index (χ2v) is 8.45. The lowest BCUT2D eigenvalue weighted by Gasteiger charge is -2.36. The van der Waals surface area contributed by atoms with Gasteiger partial charge in [0.05, 0.1) is 11.9 Å². The Morgan fingerprint density at radius 2 is 1.72 bits per heavy atom. The van der Waals surface area contributed by atoms with Gasteiger partial charge in [-0.05, 0) is 61.7 Å². The van der Waals surface area contributed by atoms with Gasteiger partial charge in [-0.2, -0.15) is 0 Å². The normalized spacial score (nSPS) is 16.2. The van der Waals surface area contributed by atoms with Gasteiger partial charge in [-0.3, -0.25) is 4.72 Å². The molecule has 2 aromatic rings. The molecule has 4 nitrogen and oxygen atoms in total. The van der Waals surface area contributed by atoms with Gasteiger partial charge in [-0.25, -0.2) is 12.8 Å². The largest absolute Gasteiger partial charge is 0.483 e. The minimum atomic E-state index is -3.37. The number of hydrogen-bond acceptors (Lipinski definition) is 3. The third-order valence-electron chi connectivity index (χ3n) is 4.33. The predicted molar refractivity (Wildman–Crippen MR) is 97.7 cm³/mol. The first-order valence-electron chi connectivity index (χ1n) is 7.85. The molecule has 0 bridgehead atoms. The van der Waals surface area contributed by atoms with E-state index >= 15 is 0 Å². The molecule has 0 radical (unpaired) electrons. The lowest BCUT2D eigenvalue weighted by molar-refractivity contribution is 0.145. The van der Waals surface area contributed by atoms with E-state index in [0.29, 0.717) is 11.4 Å². The second-order valence-electron chi connectivity index (χ2n) is 6.70. The summed E-state index contributed by atoms with van der Waals surface area (Å²) in [5.41, 5.74) is 3.60. The summed E-state index contributed by atoms with van der Waals surface area (Å²) in [5.74, 6) is 0.296. The number of fused-ring (bicyclic) bond motifs is 1. The van der Waals surface area contributed by atoms with Crippen LogP contribution in [0.3, 0.4) is 0 Å².